The summed E-state index contributed by atoms with van der Waals surface area (Å²) in [7, 11) is 0. The quantitative estimate of drug-likeness (QED) is 0.181. The molecule has 7 aromatic carbocycles. The topological polar surface area (TPSA) is 61.8 Å². The number of rotatable bonds is 4. The number of nitriles is 2. The van der Waals surface area contributed by atoms with Crippen LogP contribution in [0.2, 0.25) is 0 Å². The van der Waals surface area contributed by atoms with E-state index in [1.54, 1.807) is 0 Å². The Morgan fingerprint density at radius 1 is 0.460 bits per heavy atom. The monoisotopic (exact) mass is 635 g/mol. The lowest BCUT2D eigenvalue weighted by Gasteiger charge is -2.15. The van der Waals surface area contributed by atoms with E-state index in [9.17, 15) is 10.5 Å². The van der Waals surface area contributed by atoms with Crippen molar-refractivity contribution in [2.45, 2.75) is 0 Å². The maximum Gasteiger partial charge on any atom is 0.188 e. The van der Waals surface area contributed by atoms with Crippen molar-refractivity contribution in [2.24, 2.45) is 0 Å². The zero-order valence-electron chi connectivity index (χ0n) is 26.7. The summed E-state index contributed by atoms with van der Waals surface area (Å²) in [6.45, 7) is 7.59. The molecule has 0 bridgehead atoms. The molecule has 0 unspecified atom stereocenters. The summed E-state index contributed by atoms with van der Waals surface area (Å²) < 4.78 is 4.49. The van der Waals surface area contributed by atoms with Gasteiger partial charge in [0.25, 0.3) is 0 Å². The molecule has 0 amide bonds. The Hall–Kier alpha value is -7.39. The fourth-order valence-electron chi connectivity index (χ4n) is 7.31. The molecule has 0 spiro atoms. The minimum Gasteiger partial charge on any atom is -0.309 e. The summed E-state index contributed by atoms with van der Waals surface area (Å²) in [6.07, 6.45) is 0. The highest BCUT2D eigenvalue weighted by Crippen LogP contribution is 2.39. The van der Waals surface area contributed by atoms with Gasteiger partial charge in [-0.1, -0.05) is 78.9 Å². The lowest BCUT2D eigenvalue weighted by Crippen LogP contribution is -1.98. The van der Waals surface area contributed by atoms with Crippen molar-refractivity contribution in [3.63, 3.8) is 0 Å². The zero-order chi connectivity index (χ0) is 33.8. The molecule has 0 N–H and O–H groups in total. The third-order valence-electron chi connectivity index (χ3n) is 9.59. The Morgan fingerprint density at radius 2 is 1.06 bits per heavy atom. The van der Waals surface area contributed by atoms with E-state index >= 15 is 0 Å². The van der Waals surface area contributed by atoms with Crippen LogP contribution in [-0.2, 0) is 0 Å². The van der Waals surface area contributed by atoms with E-state index in [0.29, 0.717) is 16.8 Å². The fraction of sp³-hybridized carbons (Fsp3) is 0. The number of fused-ring (bicyclic) bond motifs is 6. The largest absolute Gasteiger partial charge is 0.309 e. The van der Waals surface area contributed by atoms with Crippen LogP contribution in [-0.4, -0.2) is 9.13 Å². The molecule has 5 nitrogen and oxygen atoms in total. The van der Waals surface area contributed by atoms with Crippen LogP contribution in [0.15, 0.2) is 152 Å². The molecule has 0 radical (unpaired) electrons. The Morgan fingerprint density at radius 3 is 1.76 bits per heavy atom. The fourth-order valence-corrected chi connectivity index (χ4v) is 7.31. The Balaban J connectivity index is 1.18. The van der Waals surface area contributed by atoms with Crippen molar-refractivity contribution < 1.29 is 0 Å². The summed E-state index contributed by atoms with van der Waals surface area (Å²) in [6, 6.07) is 55.8. The molecule has 0 aliphatic heterocycles. The van der Waals surface area contributed by atoms with Crippen molar-refractivity contribution in [2.75, 3.05) is 0 Å². The standard InChI is InChI=1S/C45H25N5/c1-48-34-19-22-45-40(26-34)39-24-30(28-47)14-21-44(39)50(45)43-20-13-29(27-46)23-38(43)32-17-15-31(16-18-32)33-7-6-8-35(25-33)49-41-11-4-2-9-36(41)37-10-3-5-12-42(37)49/h2-26H. The van der Waals surface area contributed by atoms with Gasteiger partial charge in [-0.25, -0.2) is 4.85 Å². The SMILES string of the molecule is [C-]#[N+]c1ccc2c(c1)c1cc(C#N)ccc1n2-c1ccc(C#N)cc1-c1ccc(-c2cccc(-n3c4ccccc4c4ccccc43)c2)cc1. The first kappa shape index (κ1) is 28.8. The maximum absolute atomic E-state index is 9.90. The van der Waals surface area contributed by atoms with Crippen molar-refractivity contribution in [3.8, 4) is 45.8 Å². The second-order valence-corrected chi connectivity index (χ2v) is 12.3. The first-order chi connectivity index (χ1) is 24.6. The van der Waals surface area contributed by atoms with E-state index in [2.05, 4.69) is 123 Å². The van der Waals surface area contributed by atoms with Crippen molar-refractivity contribution in [1.29, 1.82) is 10.5 Å². The Labute approximate surface area is 288 Å². The van der Waals surface area contributed by atoms with Crippen LogP contribution < -0.4 is 0 Å². The molecule has 2 heterocycles. The number of para-hydroxylation sites is 2. The van der Waals surface area contributed by atoms with E-state index in [1.165, 1.54) is 21.8 Å². The lowest BCUT2D eigenvalue weighted by atomic mass is 9.97. The van der Waals surface area contributed by atoms with Gasteiger partial charge in [0.05, 0.1) is 57.6 Å². The van der Waals surface area contributed by atoms with Gasteiger partial charge in [0.2, 0.25) is 0 Å². The molecule has 50 heavy (non-hydrogen) atoms. The van der Waals surface area contributed by atoms with Gasteiger partial charge in [0, 0.05) is 27.4 Å². The summed E-state index contributed by atoms with van der Waals surface area (Å²) in [4.78, 5) is 3.66. The van der Waals surface area contributed by atoms with Crippen LogP contribution in [0.25, 0.3) is 82.1 Å². The molecular formula is C45H25N5. The molecule has 0 saturated carbocycles. The summed E-state index contributed by atoms with van der Waals surface area (Å²) >= 11 is 0. The highest BCUT2D eigenvalue weighted by Gasteiger charge is 2.18. The van der Waals surface area contributed by atoms with Crippen LogP contribution in [0.5, 0.6) is 0 Å². The van der Waals surface area contributed by atoms with E-state index in [0.717, 1.165) is 55.4 Å². The minimum atomic E-state index is 0.539. The van der Waals surface area contributed by atoms with E-state index in [-0.39, 0.29) is 0 Å². The van der Waals surface area contributed by atoms with Gasteiger partial charge in [0.15, 0.2) is 5.69 Å². The van der Waals surface area contributed by atoms with Crippen LogP contribution in [0.3, 0.4) is 0 Å². The Bertz CT molecular complexity index is 2830. The molecule has 0 atom stereocenters. The normalized spacial score (nSPS) is 11.1. The molecule has 0 aliphatic carbocycles. The van der Waals surface area contributed by atoms with Gasteiger partial charge in [-0.2, -0.15) is 10.5 Å². The number of nitrogens with zero attached hydrogens (tertiary/aromatic N) is 5. The first-order valence-electron chi connectivity index (χ1n) is 16.2. The van der Waals surface area contributed by atoms with E-state index in [1.807, 2.05) is 54.6 Å². The predicted octanol–water partition coefficient (Wildman–Crippen LogP) is 11.5. The van der Waals surface area contributed by atoms with Gasteiger partial charge in [-0.05, 0) is 94.9 Å². The second kappa shape index (κ2) is 11.4. The van der Waals surface area contributed by atoms with Crippen molar-refractivity contribution in [1.82, 2.24) is 9.13 Å². The Kier molecular flexibility index (Phi) is 6.56. The number of benzene rings is 7. The first-order valence-corrected chi connectivity index (χ1v) is 16.2. The van der Waals surface area contributed by atoms with Crippen LogP contribution >= 0.6 is 0 Å². The predicted molar refractivity (Wildman–Crippen MR) is 202 cm³/mol. The third kappa shape index (κ3) is 4.45. The van der Waals surface area contributed by atoms with Crippen molar-refractivity contribution in [3.05, 3.63) is 174 Å². The zero-order valence-corrected chi connectivity index (χ0v) is 26.7. The van der Waals surface area contributed by atoms with Crippen LogP contribution in [0.1, 0.15) is 11.1 Å². The lowest BCUT2D eigenvalue weighted by molar-refractivity contribution is 1.18. The molecule has 0 aliphatic rings. The molecule has 0 fully saturated rings. The highest BCUT2D eigenvalue weighted by atomic mass is 15.0. The molecule has 5 heteroatoms. The molecule has 9 rings (SSSR count). The second-order valence-electron chi connectivity index (χ2n) is 12.3. The average molecular weight is 636 g/mol. The van der Waals surface area contributed by atoms with Crippen LogP contribution in [0, 0.1) is 29.2 Å². The summed E-state index contributed by atoms with van der Waals surface area (Å²) in [5.41, 5.74) is 11.9. The smallest absolute Gasteiger partial charge is 0.188 e. The highest BCUT2D eigenvalue weighted by molar-refractivity contribution is 6.11. The third-order valence-corrected chi connectivity index (χ3v) is 9.59. The average Bonchev–Trinajstić information content (AvgIpc) is 3.69. The van der Waals surface area contributed by atoms with Gasteiger partial charge in [-0.15, -0.1) is 0 Å². The molecule has 230 valence electrons. The maximum atomic E-state index is 9.90. The molecule has 0 saturated heterocycles. The summed E-state index contributed by atoms with van der Waals surface area (Å²) in [5, 5.41) is 23.8. The number of hydrogen-bond donors (Lipinski definition) is 0. The van der Waals surface area contributed by atoms with E-state index in [4.69, 9.17) is 6.57 Å². The van der Waals surface area contributed by atoms with Crippen molar-refractivity contribution >= 4 is 49.3 Å². The van der Waals surface area contributed by atoms with Gasteiger partial charge in [0.1, 0.15) is 0 Å². The van der Waals surface area contributed by atoms with Gasteiger partial charge in [-0.3, -0.25) is 0 Å². The molecule has 9 aromatic rings. The molecule has 2 aromatic heterocycles. The van der Waals surface area contributed by atoms with E-state index < -0.39 is 0 Å². The summed E-state index contributed by atoms with van der Waals surface area (Å²) in [5.74, 6) is 0. The molecular weight excluding hydrogens is 611 g/mol. The van der Waals surface area contributed by atoms with Gasteiger partial charge >= 0.3 is 0 Å². The minimum absolute atomic E-state index is 0.539. The van der Waals surface area contributed by atoms with Crippen LogP contribution in [0.4, 0.5) is 5.69 Å². The van der Waals surface area contributed by atoms with Gasteiger partial charge < -0.3 is 9.13 Å². The number of hydrogen-bond acceptors (Lipinski definition) is 2. The number of aromatic nitrogens is 2.